The molecular weight excluding hydrogens is 194 g/mol. The number of ether oxygens (including phenoxy) is 1. The topological polar surface area (TPSA) is 22.1 Å². The summed E-state index contributed by atoms with van der Waals surface area (Å²) in [4.78, 5) is 4.17. The van der Waals surface area contributed by atoms with E-state index in [1.165, 1.54) is 0 Å². The number of halogens is 1. The highest BCUT2D eigenvalue weighted by Gasteiger charge is 1.95. The van der Waals surface area contributed by atoms with Crippen LogP contribution in [-0.2, 0) is 0 Å². The van der Waals surface area contributed by atoms with Crippen LogP contribution in [0.25, 0.3) is 0 Å². The van der Waals surface area contributed by atoms with Gasteiger partial charge in [-0.25, -0.2) is 4.98 Å². The fourth-order valence-electron chi connectivity index (χ4n) is 0.716. The Morgan fingerprint density at radius 3 is 2.92 bits per heavy atom. The standard InChI is InChI=1S/C8H10ClNOS/c1-11-7-2-3-8(10-6-7)12-5-4-9/h2-3,6H,4-5H2,1H3. The van der Waals surface area contributed by atoms with Gasteiger partial charge in [-0.05, 0) is 12.1 Å². The minimum Gasteiger partial charge on any atom is -0.495 e. The van der Waals surface area contributed by atoms with Gasteiger partial charge in [0.1, 0.15) is 5.75 Å². The van der Waals surface area contributed by atoms with Crippen molar-refractivity contribution in [3.05, 3.63) is 18.3 Å². The molecule has 0 atom stereocenters. The van der Waals surface area contributed by atoms with Gasteiger partial charge in [0, 0.05) is 11.6 Å². The van der Waals surface area contributed by atoms with Crippen LogP contribution in [0.2, 0.25) is 0 Å². The first-order valence-corrected chi connectivity index (χ1v) is 5.07. The molecule has 66 valence electrons. The molecule has 0 bridgehead atoms. The smallest absolute Gasteiger partial charge is 0.137 e. The predicted octanol–water partition coefficient (Wildman–Crippen LogP) is 2.42. The van der Waals surface area contributed by atoms with Crippen LogP contribution in [0.15, 0.2) is 23.4 Å². The van der Waals surface area contributed by atoms with Crippen molar-refractivity contribution in [2.45, 2.75) is 5.03 Å². The summed E-state index contributed by atoms with van der Waals surface area (Å²) in [6.45, 7) is 0. The van der Waals surface area contributed by atoms with Gasteiger partial charge in [-0.3, -0.25) is 0 Å². The normalized spacial score (nSPS) is 9.83. The first kappa shape index (κ1) is 9.68. The molecule has 12 heavy (non-hydrogen) atoms. The van der Waals surface area contributed by atoms with Gasteiger partial charge in [0.15, 0.2) is 0 Å². The Kier molecular flexibility index (Phi) is 4.25. The molecule has 0 unspecified atom stereocenters. The fraction of sp³-hybridized carbons (Fsp3) is 0.375. The van der Waals surface area contributed by atoms with Crippen molar-refractivity contribution in [1.82, 2.24) is 4.98 Å². The van der Waals surface area contributed by atoms with E-state index in [9.17, 15) is 0 Å². The third-order valence-electron chi connectivity index (χ3n) is 1.27. The van der Waals surface area contributed by atoms with E-state index in [-0.39, 0.29) is 0 Å². The number of alkyl halides is 1. The SMILES string of the molecule is COc1ccc(SCCCl)nc1. The third-order valence-corrected chi connectivity index (χ3v) is 2.63. The first-order valence-electron chi connectivity index (χ1n) is 3.55. The quantitative estimate of drug-likeness (QED) is 0.554. The van der Waals surface area contributed by atoms with Crippen molar-refractivity contribution < 1.29 is 4.74 Å². The Morgan fingerprint density at radius 2 is 2.42 bits per heavy atom. The molecule has 0 fully saturated rings. The number of rotatable bonds is 4. The van der Waals surface area contributed by atoms with Gasteiger partial charge in [0.25, 0.3) is 0 Å². The summed E-state index contributed by atoms with van der Waals surface area (Å²) < 4.78 is 4.98. The fourth-order valence-corrected chi connectivity index (χ4v) is 1.53. The number of methoxy groups -OCH3 is 1. The highest BCUT2D eigenvalue weighted by Crippen LogP contribution is 2.17. The van der Waals surface area contributed by atoms with Crippen LogP contribution >= 0.6 is 23.4 Å². The van der Waals surface area contributed by atoms with Crippen molar-refractivity contribution >= 4 is 23.4 Å². The molecule has 1 rings (SSSR count). The van der Waals surface area contributed by atoms with Crippen LogP contribution < -0.4 is 4.74 Å². The minimum absolute atomic E-state index is 0.651. The second kappa shape index (κ2) is 5.27. The lowest BCUT2D eigenvalue weighted by atomic mass is 10.5. The molecule has 4 heteroatoms. The number of hydrogen-bond acceptors (Lipinski definition) is 3. The summed E-state index contributed by atoms with van der Waals surface area (Å²) in [5.74, 6) is 2.32. The van der Waals surface area contributed by atoms with Crippen LogP contribution in [0.1, 0.15) is 0 Å². The van der Waals surface area contributed by atoms with Crippen molar-refractivity contribution in [3.8, 4) is 5.75 Å². The van der Waals surface area contributed by atoms with E-state index in [0.717, 1.165) is 16.5 Å². The van der Waals surface area contributed by atoms with Crippen LogP contribution in [0.4, 0.5) is 0 Å². The van der Waals surface area contributed by atoms with E-state index in [2.05, 4.69) is 4.98 Å². The van der Waals surface area contributed by atoms with Crippen LogP contribution in [0.5, 0.6) is 5.75 Å². The predicted molar refractivity (Wildman–Crippen MR) is 52.2 cm³/mol. The molecule has 0 radical (unpaired) electrons. The van der Waals surface area contributed by atoms with E-state index in [1.807, 2.05) is 12.1 Å². The summed E-state index contributed by atoms with van der Waals surface area (Å²) in [7, 11) is 1.63. The molecule has 1 aromatic heterocycles. The molecule has 1 heterocycles. The van der Waals surface area contributed by atoms with E-state index >= 15 is 0 Å². The van der Waals surface area contributed by atoms with E-state index in [0.29, 0.717) is 5.88 Å². The highest BCUT2D eigenvalue weighted by atomic mass is 35.5. The molecule has 0 aromatic carbocycles. The summed E-state index contributed by atoms with van der Waals surface area (Å²) in [6.07, 6.45) is 1.70. The van der Waals surface area contributed by atoms with Gasteiger partial charge in [0.05, 0.1) is 18.3 Å². The summed E-state index contributed by atoms with van der Waals surface area (Å²) in [5.41, 5.74) is 0. The highest BCUT2D eigenvalue weighted by molar-refractivity contribution is 7.99. The number of hydrogen-bond donors (Lipinski definition) is 0. The largest absolute Gasteiger partial charge is 0.495 e. The lowest BCUT2D eigenvalue weighted by Crippen LogP contribution is -1.86. The van der Waals surface area contributed by atoms with Crippen LogP contribution in [-0.4, -0.2) is 23.7 Å². The number of nitrogens with zero attached hydrogens (tertiary/aromatic N) is 1. The average molecular weight is 204 g/mol. The van der Waals surface area contributed by atoms with E-state index < -0.39 is 0 Å². The van der Waals surface area contributed by atoms with Gasteiger partial charge in [-0.2, -0.15) is 0 Å². The zero-order chi connectivity index (χ0) is 8.81. The molecular formula is C8H10ClNOS. The van der Waals surface area contributed by atoms with E-state index in [1.54, 1.807) is 25.1 Å². The second-order valence-electron chi connectivity index (χ2n) is 2.07. The van der Waals surface area contributed by atoms with Gasteiger partial charge in [0.2, 0.25) is 0 Å². The van der Waals surface area contributed by atoms with Gasteiger partial charge >= 0.3 is 0 Å². The number of pyridine rings is 1. The lowest BCUT2D eigenvalue weighted by molar-refractivity contribution is 0.412. The minimum atomic E-state index is 0.651. The van der Waals surface area contributed by atoms with Crippen molar-refractivity contribution in [2.75, 3.05) is 18.7 Å². The Hall–Kier alpha value is -0.410. The van der Waals surface area contributed by atoms with Crippen molar-refractivity contribution in [3.63, 3.8) is 0 Å². The summed E-state index contributed by atoms with van der Waals surface area (Å²) >= 11 is 7.18. The monoisotopic (exact) mass is 203 g/mol. The Balaban J connectivity index is 2.53. The van der Waals surface area contributed by atoms with Crippen LogP contribution in [0, 0.1) is 0 Å². The average Bonchev–Trinajstić information content (AvgIpc) is 2.15. The van der Waals surface area contributed by atoms with Crippen LogP contribution in [0.3, 0.4) is 0 Å². The molecule has 0 amide bonds. The molecule has 0 aliphatic carbocycles. The molecule has 0 N–H and O–H groups in total. The van der Waals surface area contributed by atoms with Gasteiger partial charge in [-0.15, -0.1) is 23.4 Å². The maximum absolute atomic E-state index is 5.54. The molecule has 0 saturated heterocycles. The Morgan fingerprint density at radius 1 is 1.58 bits per heavy atom. The molecule has 0 saturated carbocycles. The van der Waals surface area contributed by atoms with Gasteiger partial charge < -0.3 is 4.74 Å². The van der Waals surface area contributed by atoms with Crippen molar-refractivity contribution in [1.29, 1.82) is 0 Å². The zero-order valence-corrected chi connectivity index (χ0v) is 8.36. The second-order valence-corrected chi connectivity index (χ2v) is 3.57. The maximum Gasteiger partial charge on any atom is 0.137 e. The third kappa shape index (κ3) is 2.91. The van der Waals surface area contributed by atoms with Crippen molar-refractivity contribution in [2.24, 2.45) is 0 Å². The molecule has 2 nitrogen and oxygen atoms in total. The summed E-state index contributed by atoms with van der Waals surface area (Å²) in [5, 5.41) is 0.983. The molecule has 0 spiro atoms. The molecule has 1 aromatic rings. The Bertz CT molecular complexity index is 227. The Labute approximate surface area is 81.3 Å². The summed E-state index contributed by atoms with van der Waals surface area (Å²) in [6, 6.07) is 3.82. The lowest BCUT2D eigenvalue weighted by Gasteiger charge is -2.00. The maximum atomic E-state index is 5.54. The number of thioether (sulfide) groups is 1. The molecule has 0 aliphatic heterocycles. The first-order chi connectivity index (χ1) is 5.86. The van der Waals surface area contributed by atoms with E-state index in [4.69, 9.17) is 16.3 Å². The zero-order valence-electron chi connectivity index (χ0n) is 6.79. The van der Waals surface area contributed by atoms with Gasteiger partial charge in [-0.1, -0.05) is 0 Å². The number of aromatic nitrogens is 1. The molecule has 0 aliphatic rings.